The molecule has 5 heteroatoms. The summed E-state index contributed by atoms with van der Waals surface area (Å²) < 4.78 is 0. The van der Waals surface area contributed by atoms with E-state index in [9.17, 15) is 9.90 Å². The number of phenolic OH excluding ortho intramolecular Hbond substituents is 1. The minimum atomic E-state index is -0.570. The van der Waals surface area contributed by atoms with Crippen molar-refractivity contribution in [2.75, 3.05) is 5.32 Å². The second kappa shape index (κ2) is 7.24. The van der Waals surface area contributed by atoms with Crippen molar-refractivity contribution >= 4 is 24.0 Å². The first-order chi connectivity index (χ1) is 7.95. The first-order valence-corrected chi connectivity index (χ1v) is 5.84. The van der Waals surface area contributed by atoms with Crippen LogP contribution in [0.5, 0.6) is 5.75 Å². The zero-order chi connectivity index (χ0) is 13.0. The average molecular weight is 273 g/mol. The van der Waals surface area contributed by atoms with Crippen LogP contribution in [0.2, 0.25) is 0 Å². The molecule has 4 N–H and O–H groups in total. The summed E-state index contributed by atoms with van der Waals surface area (Å²) in [6.45, 7) is 5.77. The van der Waals surface area contributed by atoms with Gasteiger partial charge in [-0.25, -0.2) is 0 Å². The Morgan fingerprint density at radius 1 is 1.44 bits per heavy atom. The number of halogens is 1. The molecule has 0 spiro atoms. The lowest BCUT2D eigenvalue weighted by Gasteiger charge is -2.16. The molecule has 0 aliphatic heterocycles. The number of nitrogens with two attached hydrogens (primary N) is 1. The van der Waals surface area contributed by atoms with Crippen molar-refractivity contribution in [2.24, 2.45) is 11.7 Å². The number of hydrogen-bond acceptors (Lipinski definition) is 3. The van der Waals surface area contributed by atoms with E-state index in [-0.39, 0.29) is 30.0 Å². The molecule has 0 saturated heterocycles. The highest BCUT2D eigenvalue weighted by molar-refractivity contribution is 5.96. The van der Waals surface area contributed by atoms with Gasteiger partial charge < -0.3 is 16.2 Å². The number of rotatable bonds is 4. The van der Waals surface area contributed by atoms with E-state index in [0.29, 0.717) is 5.69 Å². The molecular formula is C13H21ClN2O2. The molecule has 0 fully saturated rings. The number of amides is 1. The monoisotopic (exact) mass is 272 g/mol. The highest BCUT2D eigenvalue weighted by atomic mass is 35.5. The van der Waals surface area contributed by atoms with Crippen LogP contribution in [0, 0.1) is 5.92 Å². The maximum absolute atomic E-state index is 11.8. The Morgan fingerprint density at radius 2 is 2.06 bits per heavy atom. The maximum Gasteiger partial charge on any atom is 0.241 e. The smallest absolute Gasteiger partial charge is 0.241 e. The molecule has 18 heavy (non-hydrogen) atoms. The number of aryl methyl sites for hydroxylation is 1. The van der Waals surface area contributed by atoms with Gasteiger partial charge in [-0.2, -0.15) is 0 Å². The molecule has 1 aromatic rings. The first kappa shape index (κ1) is 16.7. The van der Waals surface area contributed by atoms with Crippen molar-refractivity contribution in [3.8, 4) is 5.75 Å². The van der Waals surface area contributed by atoms with E-state index in [1.165, 1.54) is 0 Å². The normalized spacial score (nSPS) is 11.8. The minimum absolute atomic E-state index is 0. The van der Waals surface area contributed by atoms with Crippen LogP contribution in [0.15, 0.2) is 18.2 Å². The molecule has 0 aliphatic rings. The summed E-state index contributed by atoms with van der Waals surface area (Å²) in [5.74, 6) is -0.151. The second-order valence-electron chi connectivity index (χ2n) is 4.46. The molecule has 0 bridgehead atoms. The van der Waals surface area contributed by atoms with E-state index in [4.69, 9.17) is 5.73 Å². The number of carbonyl (C=O) groups excluding carboxylic acids is 1. The summed E-state index contributed by atoms with van der Waals surface area (Å²) in [6.07, 6.45) is 0.847. The summed E-state index contributed by atoms with van der Waals surface area (Å²) in [7, 11) is 0. The van der Waals surface area contributed by atoms with Gasteiger partial charge in [0.2, 0.25) is 5.91 Å². The van der Waals surface area contributed by atoms with E-state index < -0.39 is 6.04 Å². The van der Waals surface area contributed by atoms with Crippen molar-refractivity contribution in [3.63, 3.8) is 0 Å². The lowest BCUT2D eigenvalue weighted by molar-refractivity contribution is -0.118. The Bertz CT molecular complexity index is 408. The predicted octanol–water partition coefficient (Wildman–Crippen LogP) is 2.30. The zero-order valence-electron chi connectivity index (χ0n) is 10.9. The molecule has 0 saturated carbocycles. The summed E-state index contributed by atoms with van der Waals surface area (Å²) >= 11 is 0. The van der Waals surface area contributed by atoms with Gasteiger partial charge in [-0.15, -0.1) is 12.4 Å². The van der Waals surface area contributed by atoms with E-state index in [1.54, 1.807) is 12.1 Å². The van der Waals surface area contributed by atoms with Crippen molar-refractivity contribution in [1.29, 1.82) is 0 Å². The standard InChI is InChI=1S/C13H20N2O2.ClH/c1-4-9-5-6-11(16)10(7-9)15-13(17)12(14)8(2)3;/h5-8,12,16H,4,14H2,1-3H3,(H,15,17);1H/t12-;/m0./s1. The Labute approximate surface area is 114 Å². The number of phenols is 1. The predicted molar refractivity (Wildman–Crippen MR) is 76.2 cm³/mol. The van der Waals surface area contributed by atoms with Gasteiger partial charge in [0.1, 0.15) is 5.75 Å². The van der Waals surface area contributed by atoms with Crippen LogP contribution < -0.4 is 11.1 Å². The molecule has 1 amide bonds. The Kier molecular flexibility index (Phi) is 6.73. The van der Waals surface area contributed by atoms with E-state index >= 15 is 0 Å². The van der Waals surface area contributed by atoms with Crippen molar-refractivity contribution in [1.82, 2.24) is 0 Å². The molecule has 1 aromatic carbocycles. The molecule has 0 radical (unpaired) electrons. The van der Waals surface area contributed by atoms with Crippen molar-refractivity contribution < 1.29 is 9.90 Å². The van der Waals surface area contributed by atoms with Gasteiger partial charge in [0, 0.05) is 0 Å². The van der Waals surface area contributed by atoms with Crippen LogP contribution in [0.1, 0.15) is 26.3 Å². The molecule has 0 heterocycles. The molecule has 1 atom stereocenters. The number of anilines is 1. The average Bonchev–Trinajstić information content (AvgIpc) is 2.30. The largest absolute Gasteiger partial charge is 0.506 e. The third-order valence-electron chi connectivity index (χ3n) is 2.75. The lowest BCUT2D eigenvalue weighted by atomic mass is 10.0. The molecule has 4 nitrogen and oxygen atoms in total. The van der Waals surface area contributed by atoms with Crippen LogP contribution >= 0.6 is 12.4 Å². The van der Waals surface area contributed by atoms with Gasteiger partial charge in [0.25, 0.3) is 0 Å². The van der Waals surface area contributed by atoms with Crippen LogP contribution in [-0.4, -0.2) is 17.1 Å². The van der Waals surface area contributed by atoms with Gasteiger partial charge in [-0.1, -0.05) is 26.8 Å². The van der Waals surface area contributed by atoms with Crippen LogP contribution in [0.25, 0.3) is 0 Å². The van der Waals surface area contributed by atoms with Crippen molar-refractivity contribution in [3.05, 3.63) is 23.8 Å². The Hall–Kier alpha value is -1.26. The molecule has 0 aromatic heterocycles. The fraction of sp³-hybridized carbons (Fsp3) is 0.462. The summed E-state index contributed by atoms with van der Waals surface area (Å²) in [5, 5.41) is 12.3. The molecular weight excluding hydrogens is 252 g/mol. The zero-order valence-corrected chi connectivity index (χ0v) is 11.8. The molecule has 0 aliphatic carbocycles. The Balaban J connectivity index is 0.00000289. The third-order valence-corrected chi connectivity index (χ3v) is 2.75. The van der Waals surface area contributed by atoms with Gasteiger partial charge >= 0.3 is 0 Å². The summed E-state index contributed by atoms with van der Waals surface area (Å²) in [6, 6.07) is 4.60. The topological polar surface area (TPSA) is 75.3 Å². The van der Waals surface area contributed by atoms with Gasteiger partial charge in [0.15, 0.2) is 0 Å². The Morgan fingerprint density at radius 3 is 2.56 bits per heavy atom. The first-order valence-electron chi connectivity index (χ1n) is 5.84. The molecule has 102 valence electrons. The van der Waals surface area contributed by atoms with Gasteiger partial charge in [-0.3, -0.25) is 4.79 Å². The second-order valence-corrected chi connectivity index (χ2v) is 4.46. The number of hydrogen-bond donors (Lipinski definition) is 3. The number of carbonyl (C=O) groups is 1. The van der Waals surface area contributed by atoms with E-state index in [2.05, 4.69) is 5.32 Å². The highest BCUT2D eigenvalue weighted by Crippen LogP contribution is 2.24. The maximum atomic E-state index is 11.8. The minimum Gasteiger partial charge on any atom is -0.506 e. The van der Waals surface area contributed by atoms with Gasteiger partial charge in [-0.05, 0) is 30.0 Å². The number of benzene rings is 1. The van der Waals surface area contributed by atoms with Crippen LogP contribution in [0.4, 0.5) is 5.69 Å². The SMILES string of the molecule is CCc1ccc(O)c(NC(=O)[C@@H](N)C(C)C)c1.Cl. The fourth-order valence-electron chi connectivity index (χ4n) is 1.42. The van der Waals surface area contributed by atoms with E-state index in [1.807, 2.05) is 26.8 Å². The quantitative estimate of drug-likeness (QED) is 0.736. The van der Waals surface area contributed by atoms with Crippen LogP contribution in [-0.2, 0) is 11.2 Å². The summed E-state index contributed by atoms with van der Waals surface area (Å²) in [5.41, 5.74) is 7.21. The summed E-state index contributed by atoms with van der Waals surface area (Å²) in [4.78, 5) is 11.8. The highest BCUT2D eigenvalue weighted by Gasteiger charge is 2.18. The van der Waals surface area contributed by atoms with Crippen LogP contribution in [0.3, 0.4) is 0 Å². The third kappa shape index (κ3) is 4.20. The van der Waals surface area contributed by atoms with E-state index in [0.717, 1.165) is 12.0 Å². The number of aromatic hydroxyl groups is 1. The lowest BCUT2D eigenvalue weighted by Crippen LogP contribution is -2.39. The molecule has 1 rings (SSSR count). The molecule has 0 unspecified atom stereocenters. The van der Waals surface area contributed by atoms with Crippen molar-refractivity contribution in [2.45, 2.75) is 33.2 Å². The number of nitrogens with one attached hydrogen (secondary N) is 1. The fourth-order valence-corrected chi connectivity index (χ4v) is 1.42. The van der Waals surface area contributed by atoms with Gasteiger partial charge in [0.05, 0.1) is 11.7 Å².